The minimum absolute atomic E-state index is 0.0171. The van der Waals surface area contributed by atoms with Crippen LogP contribution in [0.5, 0.6) is 0 Å². The summed E-state index contributed by atoms with van der Waals surface area (Å²) in [6.07, 6.45) is 1.77. The number of carboxylic acid groups (broad SMARTS) is 1. The maximum Gasteiger partial charge on any atom is 0.326 e. The number of carbonyl (C=O) groups excluding carboxylic acids is 1. The first-order valence-electron chi connectivity index (χ1n) is 7.67. The number of aliphatic hydroxyl groups is 1. The Labute approximate surface area is 127 Å². The quantitative estimate of drug-likeness (QED) is 0.575. The zero-order chi connectivity index (χ0) is 16.4. The van der Waals surface area contributed by atoms with Gasteiger partial charge in [-0.1, -0.05) is 27.7 Å². The number of aliphatic carboxylic acids is 1. The largest absolute Gasteiger partial charge is 0.480 e. The lowest BCUT2D eigenvalue weighted by Gasteiger charge is -2.26. The van der Waals surface area contributed by atoms with Gasteiger partial charge in [-0.15, -0.1) is 0 Å². The van der Waals surface area contributed by atoms with Crippen LogP contribution in [0, 0.1) is 11.8 Å². The maximum absolute atomic E-state index is 12.2. The molecule has 0 rings (SSSR count). The van der Waals surface area contributed by atoms with Gasteiger partial charge in [0, 0.05) is 26.1 Å². The molecule has 0 radical (unpaired) electrons. The molecule has 0 heterocycles. The fraction of sp³-hybridized carbons (Fsp3) is 0.867. The normalized spacial score (nSPS) is 12.5. The number of hydrogen-bond acceptors (Lipinski definition) is 3. The smallest absolute Gasteiger partial charge is 0.326 e. The summed E-state index contributed by atoms with van der Waals surface area (Å²) in [5.74, 6) is -0.163. The van der Waals surface area contributed by atoms with Crippen LogP contribution in [0.2, 0.25) is 0 Å². The van der Waals surface area contributed by atoms with Crippen LogP contribution in [-0.4, -0.2) is 52.9 Å². The summed E-state index contributed by atoms with van der Waals surface area (Å²) in [5, 5.41) is 20.4. The molecule has 124 valence electrons. The molecule has 0 aliphatic carbocycles. The van der Waals surface area contributed by atoms with E-state index in [9.17, 15) is 9.59 Å². The summed E-state index contributed by atoms with van der Waals surface area (Å²) in [5.41, 5.74) is 0. The van der Waals surface area contributed by atoms with Crippen molar-refractivity contribution in [3.8, 4) is 0 Å². The van der Waals surface area contributed by atoms with Gasteiger partial charge in [-0.2, -0.15) is 0 Å². The van der Waals surface area contributed by atoms with E-state index in [1.54, 1.807) is 4.90 Å². The average molecular weight is 302 g/mol. The van der Waals surface area contributed by atoms with Crippen LogP contribution in [0.15, 0.2) is 0 Å². The monoisotopic (exact) mass is 302 g/mol. The Morgan fingerprint density at radius 3 is 1.81 bits per heavy atom. The molecule has 0 aromatic heterocycles. The Hall–Kier alpha value is -1.30. The molecule has 0 aromatic rings. The predicted molar refractivity (Wildman–Crippen MR) is 82.1 cm³/mol. The van der Waals surface area contributed by atoms with Crippen LogP contribution in [0.1, 0.15) is 47.0 Å². The Bertz CT molecular complexity index is 307. The Morgan fingerprint density at radius 2 is 1.48 bits per heavy atom. The highest BCUT2D eigenvalue weighted by atomic mass is 16.4. The molecule has 6 heteroatoms. The Balaban J connectivity index is 4.62. The number of urea groups is 1. The number of nitrogens with zero attached hydrogens (tertiary/aromatic N) is 1. The second-order valence-electron chi connectivity index (χ2n) is 6.20. The molecule has 3 N–H and O–H groups in total. The molecule has 0 aliphatic heterocycles. The van der Waals surface area contributed by atoms with Crippen molar-refractivity contribution in [2.45, 2.75) is 53.0 Å². The first-order valence-corrected chi connectivity index (χ1v) is 7.67. The molecule has 2 amide bonds. The molecule has 0 saturated heterocycles. The van der Waals surface area contributed by atoms with E-state index in [0.29, 0.717) is 24.9 Å². The number of aliphatic hydroxyl groups excluding tert-OH is 1. The highest BCUT2D eigenvalue weighted by molar-refractivity contribution is 5.82. The van der Waals surface area contributed by atoms with Crippen molar-refractivity contribution < 1.29 is 19.8 Å². The molecule has 21 heavy (non-hydrogen) atoms. The van der Waals surface area contributed by atoms with E-state index in [0.717, 1.165) is 12.8 Å². The van der Waals surface area contributed by atoms with E-state index >= 15 is 0 Å². The Kier molecular flexibility index (Phi) is 9.78. The third-order valence-corrected chi connectivity index (χ3v) is 3.25. The Morgan fingerprint density at radius 1 is 1.00 bits per heavy atom. The van der Waals surface area contributed by atoms with Crippen molar-refractivity contribution in [1.82, 2.24) is 10.2 Å². The van der Waals surface area contributed by atoms with Crippen LogP contribution >= 0.6 is 0 Å². The van der Waals surface area contributed by atoms with E-state index in [-0.39, 0.29) is 19.1 Å². The summed E-state index contributed by atoms with van der Waals surface area (Å²) in [6, 6.07) is -1.40. The van der Waals surface area contributed by atoms with Gasteiger partial charge in [0.25, 0.3) is 0 Å². The lowest BCUT2D eigenvalue weighted by atomic mass is 10.1. The van der Waals surface area contributed by atoms with Crippen LogP contribution in [0.3, 0.4) is 0 Å². The highest BCUT2D eigenvalue weighted by Gasteiger charge is 2.22. The lowest BCUT2D eigenvalue weighted by Crippen LogP contribution is -2.49. The van der Waals surface area contributed by atoms with Gasteiger partial charge in [-0.05, 0) is 24.7 Å². The van der Waals surface area contributed by atoms with E-state index < -0.39 is 12.0 Å². The molecule has 0 unspecified atom stereocenters. The molecule has 6 nitrogen and oxygen atoms in total. The maximum atomic E-state index is 12.2. The molecule has 0 fully saturated rings. The zero-order valence-electron chi connectivity index (χ0n) is 13.6. The molecular formula is C15H30N2O4. The molecule has 0 spiro atoms. The van der Waals surface area contributed by atoms with Crippen molar-refractivity contribution in [1.29, 1.82) is 0 Å². The minimum Gasteiger partial charge on any atom is -0.480 e. The van der Waals surface area contributed by atoms with Gasteiger partial charge in [-0.25, -0.2) is 9.59 Å². The third kappa shape index (κ3) is 9.28. The van der Waals surface area contributed by atoms with Gasteiger partial charge in [0.2, 0.25) is 0 Å². The summed E-state index contributed by atoms with van der Waals surface area (Å²) < 4.78 is 0. The summed E-state index contributed by atoms with van der Waals surface area (Å²) in [7, 11) is 0. The van der Waals surface area contributed by atoms with Crippen LogP contribution in [-0.2, 0) is 4.79 Å². The van der Waals surface area contributed by atoms with Crippen LogP contribution in [0.25, 0.3) is 0 Å². The van der Waals surface area contributed by atoms with E-state index in [4.69, 9.17) is 10.2 Å². The molecule has 1 atom stereocenters. The number of hydrogen-bond donors (Lipinski definition) is 3. The standard InChI is InChI=1S/C15H30N2O4/c1-11(2)5-8-17(9-6-12(3)4)15(21)16-13(7-10-18)14(19)20/h11-13,18H,5-10H2,1-4H3,(H,16,21)(H,19,20)/t13-/m1/s1. The molecule has 0 aromatic carbocycles. The summed E-state index contributed by atoms with van der Waals surface area (Å²) >= 11 is 0. The number of nitrogens with one attached hydrogen (secondary N) is 1. The molecule has 0 bridgehead atoms. The fourth-order valence-electron chi connectivity index (χ4n) is 1.77. The number of rotatable bonds is 10. The SMILES string of the molecule is CC(C)CCN(CCC(C)C)C(=O)N[C@H](CCO)C(=O)O. The van der Waals surface area contributed by atoms with Crippen LogP contribution in [0.4, 0.5) is 4.79 Å². The van der Waals surface area contributed by atoms with Gasteiger partial charge in [-0.3, -0.25) is 0 Å². The van der Waals surface area contributed by atoms with E-state index in [1.807, 2.05) is 0 Å². The van der Waals surface area contributed by atoms with Crippen molar-refractivity contribution in [3.05, 3.63) is 0 Å². The van der Waals surface area contributed by atoms with Gasteiger partial charge >= 0.3 is 12.0 Å². The summed E-state index contributed by atoms with van der Waals surface area (Å²) in [4.78, 5) is 24.9. The second-order valence-corrected chi connectivity index (χ2v) is 6.20. The van der Waals surface area contributed by atoms with Gasteiger partial charge in [0.1, 0.15) is 6.04 Å². The number of carbonyl (C=O) groups is 2. The van der Waals surface area contributed by atoms with Crippen molar-refractivity contribution in [2.75, 3.05) is 19.7 Å². The van der Waals surface area contributed by atoms with Crippen molar-refractivity contribution in [3.63, 3.8) is 0 Å². The number of carboxylic acids is 1. The topological polar surface area (TPSA) is 89.9 Å². The van der Waals surface area contributed by atoms with Crippen molar-refractivity contribution in [2.24, 2.45) is 11.8 Å². The second kappa shape index (κ2) is 10.4. The van der Waals surface area contributed by atoms with Gasteiger partial charge in [0.15, 0.2) is 0 Å². The number of amides is 2. The lowest BCUT2D eigenvalue weighted by molar-refractivity contribution is -0.139. The first-order chi connectivity index (χ1) is 9.77. The van der Waals surface area contributed by atoms with E-state index in [2.05, 4.69) is 33.0 Å². The van der Waals surface area contributed by atoms with Crippen LogP contribution < -0.4 is 5.32 Å². The third-order valence-electron chi connectivity index (χ3n) is 3.25. The van der Waals surface area contributed by atoms with Crippen molar-refractivity contribution >= 4 is 12.0 Å². The zero-order valence-corrected chi connectivity index (χ0v) is 13.6. The first kappa shape index (κ1) is 19.7. The molecular weight excluding hydrogens is 272 g/mol. The minimum atomic E-state index is -1.12. The van der Waals surface area contributed by atoms with E-state index in [1.165, 1.54) is 0 Å². The van der Waals surface area contributed by atoms with Gasteiger partial charge < -0.3 is 20.4 Å². The fourth-order valence-corrected chi connectivity index (χ4v) is 1.77. The van der Waals surface area contributed by atoms with Gasteiger partial charge in [0.05, 0.1) is 0 Å². The summed E-state index contributed by atoms with van der Waals surface area (Å²) in [6.45, 7) is 9.31. The highest BCUT2D eigenvalue weighted by Crippen LogP contribution is 2.07. The predicted octanol–water partition coefficient (Wildman–Crippen LogP) is 1.93. The molecule has 0 saturated carbocycles. The molecule has 0 aliphatic rings. The average Bonchev–Trinajstić information content (AvgIpc) is 2.37.